The summed E-state index contributed by atoms with van der Waals surface area (Å²) in [5.74, 6) is 2.83. The Morgan fingerprint density at radius 1 is 1.27 bits per heavy atom. The molecular formula is C13H23NO. The first-order chi connectivity index (χ1) is 7.13. The molecular weight excluding hydrogens is 186 g/mol. The number of hydrogen-bond donors (Lipinski definition) is 1. The molecule has 1 atom stereocenters. The molecule has 0 saturated heterocycles. The number of aryl methyl sites for hydroxylation is 1. The van der Waals surface area contributed by atoms with Crippen molar-refractivity contribution in [2.45, 2.75) is 46.6 Å². The van der Waals surface area contributed by atoms with E-state index in [4.69, 9.17) is 4.42 Å². The monoisotopic (exact) mass is 209 g/mol. The van der Waals surface area contributed by atoms with Gasteiger partial charge in [-0.3, -0.25) is 0 Å². The molecule has 1 N–H and O–H groups in total. The Bertz CT molecular complexity index is 278. The van der Waals surface area contributed by atoms with Crippen LogP contribution in [0.1, 0.15) is 51.2 Å². The van der Waals surface area contributed by atoms with E-state index in [2.05, 4.69) is 32.2 Å². The summed E-state index contributed by atoms with van der Waals surface area (Å²) in [6.45, 7) is 9.64. The van der Waals surface area contributed by atoms with Gasteiger partial charge in [0, 0.05) is 0 Å². The van der Waals surface area contributed by atoms with E-state index in [-0.39, 0.29) is 0 Å². The molecule has 0 aliphatic carbocycles. The molecule has 1 aromatic rings. The molecule has 2 nitrogen and oxygen atoms in total. The van der Waals surface area contributed by atoms with Crippen molar-refractivity contribution in [1.82, 2.24) is 5.32 Å². The first-order valence-corrected chi connectivity index (χ1v) is 5.93. The van der Waals surface area contributed by atoms with Crippen molar-refractivity contribution in [2.24, 2.45) is 5.92 Å². The van der Waals surface area contributed by atoms with Gasteiger partial charge in [-0.15, -0.1) is 0 Å². The average molecular weight is 209 g/mol. The summed E-state index contributed by atoms with van der Waals surface area (Å²) in [5.41, 5.74) is 0. The molecule has 0 amide bonds. The molecule has 15 heavy (non-hydrogen) atoms. The molecule has 0 fully saturated rings. The number of rotatable bonds is 6. The summed E-state index contributed by atoms with van der Waals surface area (Å²) in [5, 5.41) is 3.47. The second kappa shape index (κ2) is 5.96. The van der Waals surface area contributed by atoms with Gasteiger partial charge in [-0.25, -0.2) is 0 Å². The van der Waals surface area contributed by atoms with E-state index in [1.165, 1.54) is 6.42 Å². The van der Waals surface area contributed by atoms with Gasteiger partial charge < -0.3 is 9.73 Å². The lowest BCUT2D eigenvalue weighted by Gasteiger charge is -2.16. The third-order valence-corrected chi connectivity index (χ3v) is 2.59. The van der Waals surface area contributed by atoms with Gasteiger partial charge >= 0.3 is 0 Å². The SMILES string of the molecule is CCNC(CCC(C)C)c1ccc(C)o1. The Hall–Kier alpha value is -0.760. The van der Waals surface area contributed by atoms with Gasteiger partial charge in [-0.2, -0.15) is 0 Å². The van der Waals surface area contributed by atoms with Gasteiger partial charge in [0.2, 0.25) is 0 Å². The van der Waals surface area contributed by atoms with Crippen molar-refractivity contribution in [3.63, 3.8) is 0 Å². The first kappa shape index (κ1) is 12.3. The molecule has 0 bridgehead atoms. The zero-order valence-electron chi connectivity index (χ0n) is 10.3. The highest BCUT2D eigenvalue weighted by atomic mass is 16.3. The molecule has 2 heteroatoms. The van der Waals surface area contributed by atoms with Crippen molar-refractivity contribution in [3.05, 3.63) is 23.7 Å². The van der Waals surface area contributed by atoms with Crippen molar-refractivity contribution in [3.8, 4) is 0 Å². The van der Waals surface area contributed by atoms with Crippen LogP contribution in [0.5, 0.6) is 0 Å². The van der Waals surface area contributed by atoms with E-state index >= 15 is 0 Å². The van der Waals surface area contributed by atoms with Gasteiger partial charge in [-0.1, -0.05) is 20.8 Å². The van der Waals surface area contributed by atoms with Crippen LogP contribution < -0.4 is 5.32 Å². The maximum atomic E-state index is 5.67. The molecule has 0 radical (unpaired) electrons. The molecule has 0 saturated carbocycles. The van der Waals surface area contributed by atoms with Crippen LogP contribution in [0.4, 0.5) is 0 Å². The van der Waals surface area contributed by atoms with Crippen molar-refractivity contribution >= 4 is 0 Å². The molecule has 0 aromatic carbocycles. The third-order valence-electron chi connectivity index (χ3n) is 2.59. The molecule has 1 unspecified atom stereocenters. The third kappa shape index (κ3) is 4.08. The second-order valence-corrected chi connectivity index (χ2v) is 4.53. The number of hydrogen-bond acceptors (Lipinski definition) is 2. The van der Waals surface area contributed by atoms with Gasteiger partial charge in [0.15, 0.2) is 0 Å². The van der Waals surface area contributed by atoms with Crippen LogP contribution in [-0.4, -0.2) is 6.54 Å². The summed E-state index contributed by atoms with van der Waals surface area (Å²) in [6.07, 6.45) is 2.38. The molecule has 0 aliphatic heterocycles. The second-order valence-electron chi connectivity index (χ2n) is 4.53. The lowest BCUT2D eigenvalue weighted by Crippen LogP contribution is -2.20. The van der Waals surface area contributed by atoms with Crippen LogP contribution in [0.3, 0.4) is 0 Å². The molecule has 1 rings (SSSR count). The fourth-order valence-corrected chi connectivity index (χ4v) is 1.73. The summed E-state index contributed by atoms with van der Waals surface area (Å²) in [6, 6.07) is 4.50. The quantitative estimate of drug-likeness (QED) is 0.773. The fraction of sp³-hybridized carbons (Fsp3) is 0.692. The zero-order chi connectivity index (χ0) is 11.3. The summed E-state index contributed by atoms with van der Waals surface area (Å²) < 4.78 is 5.67. The minimum absolute atomic E-state index is 0.381. The van der Waals surface area contributed by atoms with Gasteiger partial charge in [0.1, 0.15) is 11.5 Å². The molecule has 1 heterocycles. The van der Waals surface area contributed by atoms with E-state index < -0.39 is 0 Å². The normalized spacial score (nSPS) is 13.4. The average Bonchev–Trinajstić information content (AvgIpc) is 2.59. The molecule has 86 valence electrons. The number of nitrogens with one attached hydrogen (secondary N) is 1. The Morgan fingerprint density at radius 2 is 2.00 bits per heavy atom. The molecule has 0 aliphatic rings. The van der Waals surface area contributed by atoms with E-state index in [9.17, 15) is 0 Å². The van der Waals surface area contributed by atoms with Crippen LogP contribution in [-0.2, 0) is 0 Å². The van der Waals surface area contributed by atoms with Crippen LogP contribution in [0.2, 0.25) is 0 Å². The highest BCUT2D eigenvalue weighted by Crippen LogP contribution is 2.22. The highest BCUT2D eigenvalue weighted by molar-refractivity contribution is 5.09. The smallest absolute Gasteiger partial charge is 0.121 e. The standard InChI is InChI=1S/C13H23NO/c1-5-14-12(8-6-10(2)3)13-9-7-11(4)15-13/h7,9-10,12,14H,5-6,8H2,1-4H3. The Labute approximate surface area is 93.1 Å². The molecule has 0 spiro atoms. The largest absolute Gasteiger partial charge is 0.465 e. The summed E-state index contributed by atoms with van der Waals surface area (Å²) >= 11 is 0. The Balaban J connectivity index is 2.57. The minimum Gasteiger partial charge on any atom is -0.465 e. The Kier molecular flexibility index (Phi) is 4.89. The Morgan fingerprint density at radius 3 is 2.47 bits per heavy atom. The number of furan rings is 1. The highest BCUT2D eigenvalue weighted by Gasteiger charge is 2.14. The van der Waals surface area contributed by atoms with Gasteiger partial charge in [0.25, 0.3) is 0 Å². The predicted octanol–water partition coefficient (Wildman–Crippen LogP) is 3.67. The van der Waals surface area contributed by atoms with Crippen LogP contribution >= 0.6 is 0 Å². The van der Waals surface area contributed by atoms with Gasteiger partial charge in [0.05, 0.1) is 6.04 Å². The van der Waals surface area contributed by atoms with Crippen LogP contribution in [0, 0.1) is 12.8 Å². The van der Waals surface area contributed by atoms with Crippen molar-refractivity contribution < 1.29 is 4.42 Å². The summed E-state index contributed by atoms with van der Waals surface area (Å²) in [7, 11) is 0. The topological polar surface area (TPSA) is 25.2 Å². The maximum Gasteiger partial charge on any atom is 0.121 e. The summed E-state index contributed by atoms with van der Waals surface area (Å²) in [4.78, 5) is 0. The van der Waals surface area contributed by atoms with E-state index in [1.54, 1.807) is 0 Å². The first-order valence-electron chi connectivity index (χ1n) is 5.93. The van der Waals surface area contributed by atoms with E-state index in [1.807, 2.05) is 13.0 Å². The molecule has 1 aromatic heterocycles. The van der Waals surface area contributed by atoms with Gasteiger partial charge in [-0.05, 0) is 44.4 Å². The lowest BCUT2D eigenvalue weighted by molar-refractivity contribution is 0.369. The minimum atomic E-state index is 0.381. The van der Waals surface area contributed by atoms with Crippen LogP contribution in [0.25, 0.3) is 0 Å². The lowest BCUT2D eigenvalue weighted by atomic mass is 10.0. The maximum absolute atomic E-state index is 5.67. The van der Waals surface area contributed by atoms with Crippen molar-refractivity contribution in [1.29, 1.82) is 0 Å². The predicted molar refractivity (Wildman–Crippen MR) is 63.9 cm³/mol. The zero-order valence-corrected chi connectivity index (χ0v) is 10.3. The van der Waals surface area contributed by atoms with E-state index in [0.717, 1.165) is 30.4 Å². The van der Waals surface area contributed by atoms with E-state index in [0.29, 0.717) is 6.04 Å². The van der Waals surface area contributed by atoms with Crippen LogP contribution in [0.15, 0.2) is 16.5 Å². The van der Waals surface area contributed by atoms with Crippen molar-refractivity contribution in [2.75, 3.05) is 6.54 Å². The fourth-order valence-electron chi connectivity index (χ4n) is 1.73.